The number of carbonyl (C=O) groups is 3. The van der Waals surface area contributed by atoms with Crippen molar-refractivity contribution in [1.82, 2.24) is 10.2 Å². The summed E-state index contributed by atoms with van der Waals surface area (Å²) in [5, 5.41) is 5.89. The van der Waals surface area contributed by atoms with Crippen molar-refractivity contribution in [3.8, 4) is 0 Å². The smallest absolute Gasteiger partial charge is 0.255 e. The minimum Gasteiger partial charge on any atom is -0.352 e. The van der Waals surface area contributed by atoms with Crippen LogP contribution in [-0.2, 0) is 4.79 Å². The van der Waals surface area contributed by atoms with Crippen LogP contribution in [0.5, 0.6) is 0 Å². The van der Waals surface area contributed by atoms with E-state index in [0.29, 0.717) is 21.8 Å². The van der Waals surface area contributed by atoms with Crippen LogP contribution in [0.1, 0.15) is 40.0 Å². The molecule has 2 N–H and O–H groups in total. The highest BCUT2D eigenvalue weighted by Gasteiger charge is 2.22. The Hall–Kier alpha value is -2.86. The normalized spacial score (nSPS) is 13.2. The zero-order chi connectivity index (χ0) is 19.9. The van der Waals surface area contributed by atoms with Gasteiger partial charge < -0.3 is 15.5 Å². The lowest BCUT2D eigenvalue weighted by atomic mass is 10.1. The van der Waals surface area contributed by atoms with Crippen LogP contribution in [0.3, 0.4) is 0 Å². The van der Waals surface area contributed by atoms with E-state index < -0.39 is 0 Å². The fourth-order valence-corrected chi connectivity index (χ4v) is 3.26. The summed E-state index contributed by atoms with van der Waals surface area (Å²) in [6.07, 6.45) is 2.06. The fraction of sp³-hybridized carbons (Fsp3) is 0.286. The van der Waals surface area contributed by atoms with Crippen molar-refractivity contribution < 1.29 is 14.4 Å². The van der Waals surface area contributed by atoms with Crippen molar-refractivity contribution in [3.05, 3.63) is 64.7 Å². The van der Waals surface area contributed by atoms with Crippen molar-refractivity contribution in [3.63, 3.8) is 0 Å². The van der Waals surface area contributed by atoms with E-state index in [2.05, 4.69) is 10.6 Å². The molecule has 28 heavy (non-hydrogen) atoms. The minimum atomic E-state index is -0.300. The maximum Gasteiger partial charge on any atom is 0.255 e. The highest BCUT2D eigenvalue weighted by molar-refractivity contribution is 6.31. The van der Waals surface area contributed by atoms with Crippen LogP contribution in [-0.4, -0.2) is 42.3 Å². The summed E-state index contributed by atoms with van der Waals surface area (Å²) in [5.41, 5.74) is 1.35. The highest BCUT2D eigenvalue weighted by Crippen LogP contribution is 2.24. The third kappa shape index (κ3) is 5.10. The largest absolute Gasteiger partial charge is 0.352 e. The Bertz CT molecular complexity index is 864. The SMILES string of the molecule is O=C(CCNC(=O)c1ccccc1)Nc1cc(Cl)ccc1C(=O)N1CCCC1. The maximum atomic E-state index is 12.7. The van der Waals surface area contributed by atoms with Gasteiger partial charge in [0.05, 0.1) is 11.3 Å². The number of amides is 3. The molecule has 0 radical (unpaired) electrons. The number of nitrogens with one attached hydrogen (secondary N) is 2. The molecule has 3 amide bonds. The molecular weight excluding hydrogens is 378 g/mol. The first kappa shape index (κ1) is 19.9. The Balaban J connectivity index is 1.58. The van der Waals surface area contributed by atoms with Gasteiger partial charge in [0.2, 0.25) is 5.91 Å². The van der Waals surface area contributed by atoms with Gasteiger partial charge in [0.1, 0.15) is 0 Å². The van der Waals surface area contributed by atoms with Crippen LogP contribution in [0.25, 0.3) is 0 Å². The second-order valence-electron chi connectivity index (χ2n) is 6.61. The van der Waals surface area contributed by atoms with Gasteiger partial charge in [-0.2, -0.15) is 0 Å². The average molecular weight is 400 g/mol. The highest BCUT2D eigenvalue weighted by atomic mass is 35.5. The van der Waals surface area contributed by atoms with Crippen LogP contribution in [0.2, 0.25) is 5.02 Å². The molecule has 1 saturated heterocycles. The van der Waals surface area contributed by atoms with Crippen molar-refractivity contribution >= 4 is 35.0 Å². The Morgan fingerprint density at radius 1 is 1.00 bits per heavy atom. The number of halogens is 1. The number of nitrogens with zero attached hydrogens (tertiary/aromatic N) is 1. The van der Waals surface area contributed by atoms with E-state index in [-0.39, 0.29) is 30.7 Å². The molecule has 0 bridgehead atoms. The van der Waals surface area contributed by atoms with Crippen LogP contribution in [0.15, 0.2) is 48.5 Å². The van der Waals surface area contributed by atoms with Crippen LogP contribution >= 0.6 is 11.6 Å². The predicted molar refractivity (Wildman–Crippen MR) is 109 cm³/mol. The first-order chi connectivity index (χ1) is 13.5. The molecule has 1 aliphatic heterocycles. The Labute approximate surface area is 168 Å². The summed E-state index contributed by atoms with van der Waals surface area (Å²) >= 11 is 6.05. The van der Waals surface area contributed by atoms with Crippen LogP contribution in [0.4, 0.5) is 5.69 Å². The van der Waals surface area contributed by atoms with Gasteiger partial charge in [-0.3, -0.25) is 14.4 Å². The van der Waals surface area contributed by atoms with Crippen molar-refractivity contribution in [1.29, 1.82) is 0 Å². The molecule has 0 atom stereocenters. The summed E-state index contributed by atoms with van der Waals surface area (Å²) in [5.74, 6) is -0.644. The molecule has 3 rings (SSSR count). The molecule has 0 saturated carbocycles. The molecule has 0 aromatic heterocycles. The van der Waals surface area contributed by atoms with E-state index in [4.69, 9.17) is 11.6 Å². The predicted octanol–water partition coefficient (Wildman–Crippen LogP) is 3.33. The molecule has 0 aliphatic carbocycles. The first-order valence-corrected chi connectivity index (χ1v) is 9.64. The monoisotopic (exact) mass is 399 g/mol. The second kappa shape index (κ2) is 9.37. The molecule has 7 heteroatoms. The number of benzene rings is 2. The van der Waals surface area contributed by atoms with Gasteiger partial charge in [0.25, 0.3) is 11.8 Å². The molecular formula is C21H22ClN3O3. The molecule has 0 unspecified atom stereocenters. The molecule has 1 heterocycles. The van der Waals surface area contributed by atoms with E-state index in [9.17, 15) is 14.4 Å². The van der Waals surface area contributed by atoms with Crippen LogP contribution < -0.4 is 10.6 Å². The van der Waals surface area contributed by atoms with E-state index in [1.165, 1.54) is 0 Å². The van der Waals surface area contributed by atoms with Gasteiger partial charge in [-0.25, -0.2) is 0 Å². The fourth-order valence-electron chi connectivity index (χ4n) is 3.09. The van der Waals surface area contributed by atoms with Crippen LogP contribution in [0, 0.1) is 0 Å². The average Bonchev–Trinajstić information content (AvgIpc) is 3.23. The molecule has 1 aliphatic rings. The summed E-state index contributed by atoms with van der Waals surface area (Å²) < 4.78 is 0. The summed E-state index contributed by atoms with van der Waals surface area (Å²) in [6.45, 7) is 1.64. The lowest BCUT2D eigenvalue weighted by Gasteiger charge is -2.18. The summed E-state index contributed by atoms with van der Waals surface area (Å²) in [6, 6.07) is 13.6. The molecule has 6 nitrogen and oxygen atoms in total. The summed E-state index contributed by atoms with van der Waals surface area (Å²) in [4.78, 5) is 38.8. The lowest BCUT2D eigenvalue weighted by Crippen LogP contribution is -2.30. The van der Waals surface area contributed by atoms with E-state index in [0.717, 1.165) is 25.9 Å². The van der Waals surface area contributed by atoms with E-state index in [1.54, 1.807) is 47.4 Å². The number of anilines is 1. The van der Waals surface area contributed by atoms with E-state index >= 15 is 0 Å². The first-order valence-electron chi connectivity index (χ1n) is 9.26. The number of hydrogen-bond donors (Lipinski definition) is 2. The number of likely N-dealkylation sites (tertiary alicyclic amines) is 1. The zero-order valence-electron chi connectivity index (χ0n) is 15.4. The van der Waals surface area contributed by atoms with Gasteiger partial charge >= 0.3 is 0 Å². The third-order valence-corrected chi connectivity index (χ3v) is 4.79. The number of rotatable bonds is 6. The molecule has 2 aromatic rings. The standard InChI is InChI=1S/C21H22ClN3O3/c22-16-8-9-17(21(28)25-12-4-5-13-25)18(14-16)24-19(26)10-11-23-20(27)15-6-2-1-3-7-15/h1-3,6-9,14H,4-5,10-13H2,(H,23,27)(H,24,26). The maximum absolute atomic E-state index is 12.7. The number of hydrogen-bond acceptors (Lipinski definition) is 3. The summed E-state index contributed by atoms with van der Waals surface area (Å²) in [7, 11) is 0. The molecule has 0 spiro atoms. The lowest BCUT2D eigenvalue weighted by molar-refractivity contribution is -0.116. The number of carbonyl (C=O) groups excluding carboxylic acids is 3. The molecule has 2 aromatic carbocycles. The van der Waals surface area contributed by atoms with Crippen molar-refractivity contribution in [2.75, 3.05) is 25.0 Å². The van der Waals surface area contributed by atoms with Gasteiger partial charge in [-0.1, -0.05) is 29.8 Å². The zero-order valence-corrected chi connectivity index (χ0v) is 16.2. The van der Waals surface area contributed by atoms with Gasteiger partial charge in [0, 0.05) is 36.6 Å². The Kier molecular flexibility index (Phi) is 6.66. The second-order valence-corrected chi connectivity index (χ2v) is 7.05. The van der Waals surface area contributed by atoms with Gasteiger partial charge in [-0.05, 0) is 43.2 Å². The van der Waals surface area contributed by atoms with E-state index in [1.807, 2.05) is 6.07 Å². The Morgan fingerprint density at radius 2 is 1.71 bits per heavy atom. The van der Waals surface area contributed by atoms with Crippen molar-refractivity contribution in [2.24, 2.45) is 0 Å². The van der Waals surface area contributed by atoms with Gasteiger partial charge in [0.15, 0.2) is 0 Å². The quantitative estimate of drug-likeness (QED) is 0.782. The topological polar surface area (TPSA) is 78.5 Å². The molecule has 146 valence electrons. The van der Waals surface area contributed by atoms with Crippen molar-refractivity contribution in [2.45, 2.75) is 19.3 Å². The minimum absolute atomic E-state index is 0.0857. The molecule has 1 fully saturated rings. The van der Waals surface area contributed by atoms with Gasteiger partial charge in [-0.15, -0.1) is 0 Å². The Morgan fingerprint density at radius 3 is 2.43 bits per heavy atom. The third-order valence-electron chi connectivity index (χ3n) is 4.55.